The molecule has 3 saturated heterocycles. The van der Waals surface area contributed by atoms with Crippen molar-refractivity contribution in [3.63, 3.8) is 0 Å². The lowest BCUT2D eigenvalue weighted by Gasteiger charge is -2.36. The maximum atomic E-state index is 13.9. The Bertz CT molecular complexity index is 4820. The summed E-state index contributed by atoms with van der Waals surface area (Å²) in [5.74, 6) is -1.00. The summed E-state index contributed by atoms with van der Waals surface area (Å²) in [5, 5.41) is 64.8. The van der Waals surface area contributed by atoms with E-state index < -0.39 is 60.5 Å². The zero-order chi connectivity index (χ0) is 84.0. The van der Waals surface area contributed by atoms with Gasteiger partial charge in [0.2, 0.25) is 17.7 Å². The van der Waals surface area contributed by atoms with Gasteiger partial charge in [-0.1, -0.05) is 176 Å². The van der Waals surface area contributed by atoms with E-state index in [4.69, 9.17) is 0 Å². The van der Waals surface area contributed by atoms with Gasteiger partial charge < -0.3 is 40.2 Å². The van der Waals surface area contributed by atoms with E-state index >= 15 is 0 Å². The molecule has 9 aromatic rings. The standard InChI is InChI=1S/2C30H40N4O4S.C30H38N4O3S/c1-18(2)27(34-14-23(13-32-34)30(4,5)6)29(38)33-15-24(36)12-25(33)26(37)11-22(16-35)20-7-9-21(10-8-20)28-19(3)31-17-39-28;1-18(2)27(34-14-22(13-32-34)30(4,5)6)29(38)33-15-23(36)12-25(33)26(37)11-19(3)20-7-9-21(10-8-20)28-24(16-35)31-17-39-28;1-19-28(38-18-31-19)22-11-8-20(9-12-22)10-13-26(36)25-14-24(35)17-33(25)29(37)27(21-6-5-7-21)34-16-23(15-32-34)30(2,3)4/h7-10,13-14,17-18,22,24-25,27,35-36H,11-12,15-16H2,1-6H3;7-10,13-14,17-19,23,25,27,35-36H,11-12,15-16H2,1-6H3;8-9,11-12,15-16,18,21,24-25,27,35H,5-7,10,13-14,17H2,1-4H3. The predicted octanol–water partition coefficient (Wildman–Crippen LogP) is 14.3. The van der Waals surface area contributed by atoms with Crippen LogP contribution in [0.4, 0.5) is 0 Å². The summed E-state index contributed by atoms with van der Waals surface area (Å²) in [6.45, 7) is 33.0. The van der Waals surface area contributed by atoms with E-state index in [1.807, 2.05) is 137 Å². The van der Waals surface area contributed by atoms with Gasteiger partial charge in [-0.3, -0.25) is 42.8 Å². The highest BCUT2D eigenvalue weighted by molar-refractivity contribution is 7.14. The van der Waals surface area contributed by atoms with E-state index in [0.29, 0.717) is 25.0 Å². The molecule has 0 bridgehead atoms. The molecule has 4 aliphatic rings. The number of amides is 3. The average molecular weight is 1640 g/mol. The number of likely N-dealkylation sites (tertiary alicyclic amines) is 3. The van der Waals surface area contributed by atoms with E-state index in [2.05, 4.69) is 117 Å². The molecule has 11 unspecified atom stereocenters. The number of thiazole rings is 3. The maximum absolute atomic E-state index is 13.9. The summed E-state index contributed by atoms with van der Waals surface area (Å²) >= 11 is 4.69. The molecule has 1 saturated carbocycles. The van der Waals surface area contributed by atoms with Crippen LogP contribution in [0.3, 0.4) is 0 Å². The van der Waals surface area contributed by atoms with Crippen LogP contribution < -0.4 is 0 Å². The van der Waals surface area contributed by atoms with Gasteiger partial charge in [0.25, 0.3) is 0 Å². The van der Waals surface area contributed by atoms with Gasteiger partial charge in [-0.2, -0.15) is 15.3 Å². The largest absolute Gasteiger partial charge is 0.396 e. The molecular formula is C90H118N12O11S3. The highest BCUT2D eigenvalue weighted by atomic mass is 32.1. The molecule has 23 nitrogen and oxygen atoms in total. The zero-order valence-corrected chi connectivity index (χ0v) is 72.5. The minimum Gasteiger partial charge on any atom is -0.396 e. The first-order chi connectivity index (χ1) is 54.9. The number of aromatic nitrogens is 9. The smallest absolute Gasteiger partial charge is 0.248 e. The Morgan fingerprint density at radius 1 is 0.483 bits per heavy atom. The van der Waals surface area contributed by atoms with Crippen LogP contribution in [0.5, 0.6) is 0 Å². The van der Waals surface area contributed by atoms with Crippen LogP contribution >= 0.6 is 34.0 Å². The summed E-state index contributed by atoms with van der Waals surface area (Å²) in [6, 6.07) is 20.6. The Kier molecular flexibility index (Phi) is 28.6. The highest BCUT2D eigenvalue weighted by Gasteiger charge is 2.47. The molecule has 3 aliphatic heterocycles. The molecule has 1 aliphatic carbocycles. The lowest BCUT2D eigenvalue weighted by molar-refractivity contribution is -0.143. The number of carbonyl (C=O) groups excluding carboxylic acids is 6. The normalized spacial score (nSPS) is 19.9. The first-order valence-electron chi connectivity index (χ1n) is 40.8. The molecule has 622 valence electrons. The third kappa shape index (κ3) is 20.7. The van der Waals surface area contributed by atoms with Crippen LogP contribution in [0.2, 0.25) is 0 Å². The fourth-order valence-electron chi connectivity index (χ4n) is 16.0. The second-order valence-electron chi connectivity index (χ2n) is 35.9. The van der Waals surface area contributed by atoms with Crippen LogP contribution in [0, 0.1) is 31.6 Å². The molecule has 116 heavy (non-hydrogen) atoms. The number of nitrogens with zero attached hydrogens (tertiary/aromatic N) is 12. The van der Waals surface area contributed by atoms with E-state index in [1.54, 1.807) is 59.7 Å². The summed E-state index contributed by atoms with van der Waals surface area (Å²) < 4.78 is 5.23. The monoisotopic (exact) mass is 1640 g/mol. The number of hydrogen-bond acceptors (Lipinski definition) is 20. The van der Waals surface area contributed by atoms with E-state index in [0.717, 1.165) is 95.4 Å². The molecule has 3 aromatic carbocycles. The lowest BCUT2D eigenvalue weighted by Crippen LogP contribution is -2.47. The van der Waals surface area contributed by atoms with E-state index in [-0.39, 0.29) is 134 Å². The van der Waals surface area contributed by atoms with Gasteiger partial charge in [-0.05, 0) is 123 Å². The number of rotatable bonds is 26. The first kappa shape index (κ1) is 88.2. The van der Waals surface area contributed by atoms with Crippen molar-refractivity contribution in [2.24, 2.45) is 17.8 Å². The molecule has 11 atom stereocenters. The SMILES string of the molecule is CC(CC(=O)C1CC(O)CN1C(=O)C(C(C)C)n1cc(C(C)(C)C)cn1)c1ccc(-c2scnc2CO)cc1.Cc1ncsc1-c1ccc(C(CO)CC(=O)C2CC(O)CN2C(=O)C(C(C)C)n2cc(C(C)(C)C)cn2)cc1.Cc1ncsc1-c1ccc(CCC(=O)C2CC(O)CN2C(=O)C(C2CCC2)n2cc(C(C)(C)C)cn2)cc1. The second kappa shape index (κ2) is 37.6. The Morgan fingerprint density at radius 3 is 1.27 bits per heavy atom. The van der Waals surface area contributed by atoms with Crippen LogP contribution in [0.15, 0.2) is 127 Å². The minimum atomic E-state index is -0.770. The van der Waals surface area contributed by atoms with Gasteiger partial charge in [-0.25, -0.2) is 15.0 Å². The molecule has 13 rings (SSSR count). The van der Waals surface area contributed by atoms with Crippen molar-refractivity contribution >= 4 is 69.1 Å². The Labute approximate surface area is 694 Å². The third-order valence-electron chi connectivity index (χ3n) is 23.4. The molecule has 6 aromatic heterocycles. The summed E-state index contributed by atoms with van der Waals surface area (Å²) in [6.07, 6.45) is 14.2. The van der Waals surface area contributed by atoms with Crippen molar-refractivity contribution in [3.8, 4) is 31.3 Å². The summed E-state index contributed by atoms with van der Waals surface area (Å²) in [4.78, 5) is 103. The number of aliphatic hydroxyl groups excluding tert-OH is 5. The van der Waals surface area contributed by atoms with Crippen molar-refractivity contribution in [1.29, 1.82) is 0 Å². The van der Waals surface area contributed by atoms with Crippen LogP contribution in [-0.4, -0.2) is 182 Å². The second-order valence-corrected chi connectivity index (χ2v) is 38.5. The van der Waals surface area contributed by atoms with E-state index in [1.165, 1.54) is 16.2 Å². The molecule has 0 radical (unpaired) electrons. The number of benzene rings is 3. The van der Waals surface area contributed by atoms with Gasteiger partial charge in [0, 0.05) is 82.7 Å². The first-order valence-corrected chi connectivity index (χ1v) is 43.5. The topological polar surface area (TPSA) is 305 Å². The molecule has 26 heteroatoms. The summed E-state index contributed by atoms with van der Waals surface area (Å²) in [5.41, 5.74) is 17.0. The van der Waals surface area contributed by atoms with Crippen molar-refractivity contribution in [1.82, 2.24) is 59.0 Å². The maximum Gasteiger partial charge on any atom is 0.248 e. The fourth-order valence-corrected chi connectivity index (χ4v) is 18.5. The molecular weight excluding hydrogens is 1520 g/mol. The van der Waals surface area contributed by atoms with Gasteiger partial charge in [-0.15, -0.1) is 34.0 Å². The minimum absolute atomic E-state index is 0.0143. The Morgan fingerprint density at radius 2 is 0.871 bits per heavy atom. The number of aliphatic hydroxyl groups is 5. The van der Waals surface area contributed by atoms with Crippen molar-refractivity contribution in [2.45, 2.75) is 264 Å². The van der Waals surface area contributed by atoms with Gasteiger partial charge in [0.1, 0.15) is 18.1 Å². The van der Waals surface area contributed by atoms with Crippen molar-refractivity contribution in [2.75, 3.05) is 26.2 Å². The molecule has 4 fully saturated rings. The number of hydrogen-bond donors (Lipinski definition) is 5. The van der Waals surface area contributed by atoms with Crippen LogP contribution in [-0.2, 0) is 58.0 Å². The number of Topliss-reactive ketones (excluding diaryl/α,β-unsaturated/α-hetero) is 3. The van der Waals surface area contributed by atoms with E-state index in [9.17, 15) is 54.3 Å². The molecule has 5 N–H and O–H groups in total. The van der Waals surface area contributed by atoms with Gasteiger partial charge >= 0.3 is 0 Å². The van der Waals surface area contributed by atoms with Crippen molar-refractivity contribution in [3.05, 3.63) is 177 Å². The third-order valence-corrected chi connectivity index (χ3v) is 26.3. The van der Waals surface area contributed by atoms with Crippen LogP contribution in [0.1, 0.15) is 235 Å². The lowest BCUT2D eigenvalue weighted by atomic mass is 9.79. The number of carbonyl (C=O) groups is 6. The van der Waals surface area contributed by atoms with Gasteiger partial charge in [0.15, 0.2) is 17.3 Å². The van der Waals surface area contributed by atoms with Crippen LogP contribution in [0.25, 0.3) is 31.3 Å². The number of ketones is 3. The number of β-amino-alcohol motifs (C(OH)–C–C–N with tert-alkyl or cyclic N) is 3. The fraction of sp³-hybridized carbons (Fsp3) is 0.533. The quantitative estimate of drug-likeness (QED) is 0.0336. The van der Waals surface area contributed by atoms with Gasteiger partial charge in [0.05, 0.1) is 116 Å². The predicted molar refractivity (Wildman–Crippen MR) is 454 cm³/mol. The number of aryl methyl sites for hydroxylation is 3. The zero-order valence-electron chi connectivity index (χ0n) is 70.1. The van der Waals surface area contributed by atoms with Crippen molar-refractivity contribution < 1.29 is 54.3 Å². The molecule has 3 amide bonds. The average Bonchev–Trinajstić information content (AvgIpc) is 1.59. The highest BCUT2D eigenvalue weighted by Crippen LogP contribution is 2.42. The Hall–Kier alpha value is -8.60. The Balaban J connectivity index is 0.000000171. The molecule has 9 heterocycles. The molecule has 0 spiro atoms. The summed E-state index contributed by atoms with van der Waals surface area (Å²) in [7, 11) is 0.